The van der Waals surface area contributed by atoms with Crippen LogP contribution in [0.4, 0.5) is 8.78 Å². The normalized spacial score (nSPS) is 21.9. The summed E-state index contributed by atoms with van der Waals surface area (Å²) in [5.74, 6) is -0.729. The van der Waals surface area contributed by atoms with Crippen molar-refractivity contribution in [2.45, 2.75) is 25.0 Å². The summed E-state index contributed by atoms with van der Waals surface area (Å²) in [6, 6.07) is 5.36. The third-order valence-corrected chi connectivity index (χ3v) is 3.74. The number of hydrogen-bond donors (Lipinski definition) is 1. The average molecular weight is 335 g/mol. The molecule has 122 valence electrons. The molecule has 0 saturated carbocycles. The van der Waals surface area contributed by atoms with E-state index in [0.717, 1.165) is 6.26 Å². The zero-order chi connectivity index (χ0) is 16.3. The first-order chi connectivity index (χ1) is 10.2. The molecule has 6 nitrogen and oxygen atoms in total. The van der Waals surface area contributed by atoms with Crippen molar-refractivity contribution in [2.75, 3.05) is 12.9 Å². The van der Waals surface area contributed by atoms with Crippen LogP contribution in [0.5, 0.6) is 5.75 Å². The largest absolute Gasteiger partial charge is 0.435 e. The van der Waals surface area contributed by atoms with Crippen LogP contribution in [0, 0.1) is 0 Å². The number of nitrogens with one attached hydrogen (secondary N) is 1. The number of halogens is 2. The van der Waals surface area contributed by atoms with Gasteiger partial charge in [-0.2, -0.15) is 17.2 Å². The molecule has 0 aliphatic carbocycles. The van der Waals surface area contributed by atoms with Crippen molar-refractivity contribution >= 4 is 16.0 Å². The fourth-order valence-corrected chi connectivity index (χ4v) is 2.65. The van der Waals surface area contributed by atoms with Gasteiger partial charge in [-0.05, 0) is 24.1 Å². The van der Waals surface area contributed by atoms with Gasteiger partial charge in [-0.15, -0.1) is 0 Å². The predicted octanol–water partition coefficient (Wildman–Crippen LogP) is 1.24. The van der Waals surface area contributed by atoms with Crippen LogP contribution in [0.15, 0.2) is 24.3 Å². The van der Waals surface area contributed by atoms with Crippen LogP contribution < -0.4 is 10.1 Å². The SMILES string of the molecule is CS(=O)(=O)OCC1C[C@@H](c2ccc(OC(F)F)cc2)C(=O)N1. The zero-order valence-electron chi connectivity index (χ0n) is 11.7. The van der Waals surface area contributed by atoms with E-state index in [1.807, 2.05) is 0 Å². The summed E-state index contributed by atoms with van der Waals surface area (Å²) in [7, 11) is -3.57. The molecule has 1 saturated heterocycles. The Morgan fingerprint density at radius 1 is 1.32 bits per heavy atom. The van der Waals surface area contributed by atoms with Gasteiger partial charge in [-0.1, -0.05) is 12.1 Å². The van der Waals surface area contributed by atoms with Crippen molar-refractivity contribution in [1.29, 1.82) is 0 Å². The van der Waals surface area contributed by atoms with Gasteiger partial charge in [0.25, 0.3) is 10.1 Å². The second-order valence-corrected chi connectivity index (χ2v) is 6.57. The molecule has 9 heteroatoms. The van der Waals surface area contributed by atoms with Crippen LogP contribution in [0.1, 0.15) is 17.9 Å². The van der Waals surface area contributed by atoms with Crippen LogP contribution in [0.3, 0.4) is 0 Å². The molecule has 0 bridgehead atoms. The van der Waals surface area contributed by atoms with Crippen molar-refractivity contribution < 1.29 is 30.9 Å². The second-order valence-electron chi connectivity index (χ2n) is 4.93. The molecule has 1 amide bonds. The van der Waals surface area contributed by atoms with Crippen LogP contribution in [-0.4, -0.2) is 39.8 Å². The molecule has 1 aromatic carbocycles. The average Bonchev–Trinajstić information content (AvgIpc) is 2.77. The van der Waals surface area contributed by atoms with E-state index >= 15 is 0 Å². The Morgan fingerprint density at radius 3 is 2.50 bits per heavy atom. The highest BCUT2D eigenvalue weighted by atomic mass is 32.2. The van der Waals surface area contributed by atoms with E-state index in [1.165, 1.54) is 24.3 Å². The molecule has 2 atom stereocenters. The number of benzene rings is 1. The number of hydrogen-bond acceptors (Lipinski definition) is 5. The third kappa shape index (κ3) is 4.63. The molecular formula is C13H15F2NO5S. The van der Waals surface area contributed by atoms with Gasteiger partial charge in [0.2, 0.25) is 5.91 Å². The van der Waals surface area contributed by atoms with Crippen molar-refractivity contribution in [1.82, 2.24) is 5.32 Å². The van der Waals surface area contributed by atoms with Crippen LogP contribution in [-0.2, 0) is 19.1 Å². The molecule has 0 aromatic heterocycles. The minimum Gasteiger partial charge on any atom is -0.435 e. The quantitative estimate of drug-likeness (QED) is 0.791. The van der Waals surface area contributed by atoms with Gasteiger partial charge in [0, 0.05) is 0 Å². The van der Waals surface area contributed by atoms with Crippen LogP contribution >= 0.6 is 0 Å². The smallest absolute Gasteiger partial charge is 0.387 e. The predicted molar refractivity (Wildman–Crippen MR) is 73.2 cm³/mol. The monoisotopic (exact) mass is 335 g/mol. The van der Waals surface area contributed by atoms with E-state index in [-0.39, 0.29) is 18.3 Å². The lowest BCUT2D eigenvalue weighted by Gasteiger charge is -2.10. The summed E-state index contributed by atoms with van der Waals surface area (Å²) < 4.78 is 54.9. The molecule has 0 radical (unpaired) electrons. The molecule has 1 aliphatic heterocycles. The van der Waals surface area contributed by atoms with Gasteiger partial charge >= 0.3 is 6.61 Å². The Labute approximate surface area is 126 Å². The maximum Gasteiger partial charge on any atom is 0.387 e. The van der Waals surface area contributed by atoms with E-state index in [9.17, 15) is 22.0 Å². The van der Waals surface area contributed by atoms with Crippen molar-refractivity contribution in [3.05, 3.63) is 29.8 Å². The Balaban J connectivity index is 1.99. The fourth-order valence-electron chi connectivity index (χ4n) is 2.24. The molecule has 1 heterocycles. The van der Waals surface area contributed by atoms with Crippen molar-refractivity contribution in [2.24, 2.45) is 0 Å². The van der Waals surface area contributed by atoms with Crippen molar-refractivity contribution in [3.63, 3.8) is 0 Å². The van der Waals surface area contributed by atoms with Gasteiger partial charge in [0.05, 0.1) is 24.8 Å². The first-order valence-electron chi connectivity index (χ1n) is 6.44. The summed E-state index contributed by atoms with van der Waals surface area (Å²) >= 11 is 0. The maximum atomic E-state index is 12.1. The standard InChI is InChI=1S/C13H15F2NO5S/c1-22(18,19)20-7-9-6-11(12(17)16-9)8-2-4-10(5-3-8)21-13(14)15/h2-5,9,11,13H,6-7H2,1H3,(H,16,17)/t9?,11-/m0/s1. The molecule has 0 spiro atoms. The number of ether oxygens (including phenoxy) is 1. The highest BCUT2D eigenvalue weighted by Gasteiger charge is 2.33. The van der Waals surface area contributed by atoms with Gasteiger partial charge < -0.3 is 10.1 Å². The lowest BCUT2D eigenvalue weighted by molar-refractivity contribution is -0.120. The number of alkyl halides is 2. The number of carbonyl (C=O) groups excluding carboxylic acids is 1. The van der Waals surface area contributed by atoms with E-state index in [4.69, 9.17) is 0 Å². The van der Waals surface area contributed by atoms with Gasteiger partial charge in [0.15, 0.2) is 0 Å². The summed E-state index contributed by atoms with van der Waals surface area (Å²) in [6.07, 6.45) is 1.30. The molecule has 2 rings (SSSR count). The van der Waals surface area contributed by atoms with Gasteiger partial charge in [-0.25, -0.2) is 0 Å². The lowest BCUT2D eigenvalue weighted by Crippen LogP contribution is -2.30. The van der Waals surface area contributed by atoms with E-state index in [1.54, 1.807) is 0 Å². The van der Waals surface area contributed by atoms with Crippen molar-refractivity contribution in [3.8, 4) is 5.75 Å². The Bertz CT molecular complexity index is 632. The first-order valence-corrected chi connectivity index (χ1v) is 8.26. The summed E-state index contributed by atoms with van der Waals surface area (Å²) in [6.45, 7) is -3.04. The number of carbonyl (C=O) groups is 1. The minimum absolute atomic E-state index is 0.00844. The molecule has 1 aliphatic rings. The molecule has 1 aromatic rings. The van der Waals surface area contributed by atoms with Crippen LogP contribution in [0.25, 0.3) is 0 Å². The van der Waals surface area contributed by atoms with E-state index < -0.39 is 28.7 Å². The summed E-state index contributed by atoms with van der Waals surface area (Å²) in [4.78, 5) is 11.9. The second kappa shape index (κ2) is 6.57. The number of rotatable bonds is 6. The highest BCUT2D eigenvalue weighted by molar-refractivity contribution is 7.85. The van der Waals surface area contributed by atoms with Gasteiger partial charge in [0.1, 0.15) is 5.75 Å². The number of amides is 1. The van der Waals surface area contributed by atoms with E-state index in [2.05, 4.69) is 14.2 Å². The van der Waals surface area contributed by atoms with E-state index in [0.29, 0.717) is 12.0 Å². The van der Waals surface area contributed by atoms with Crippen LogP contribution in [0.2, 0.25) is 0 Å². The summed E-state index contributed by atoms with van der Waals surface area (Å²) in [5.41, 5.74) is 0.640. The molecule has 1 N–H and O–H groups in total. The highest BCUT2D eigenvalue weighted by Crippen LogP contribution is 2.28. The first kappa shape index (κ1) is 16.6. The Kier molecular flexibility index (Phi) is 4.97. The molecule has 1 unspecified atom stereocenters. The fraction of sp³-hybridized carbons (Fsp3) is 0.462. The maximum absolute atomic E-state index is 12.1. The van der Waals surface area contributed by atoms with Gasteiger partial charge in [-0.3, -0.25) is 8.98 Å². The zero-order valence-corrected chi connectivity index (χ0v) is 12.5. The lowest BCUT2D eigenvalue weighted by atomic mass is 9.96. The molecular weight excluding hydrogens is 320 g/mol. The third-order valence-electron chi connectivity index (χ3n) is 3.17. The summed E-state index contributed by atoms with van der Waals surface area (Å²) in [5, 5.41) is 2.64. The molecule has 1 fully saturated rings. The Morgan fingerprint density at radius 2 is 1.95 bits per heavy atom. The minimum atomic E-state index is -3.57. The topological polar surface area (TPSA) is 81.7 Å². The Hall–Kier alpha value is -1.74. The molecule has 22 heavy (non-hydrogen) atoms.